The molecule has 2 unspecified atom stereocenters. The predicted molar refractivity (Wildman–Crippen MR) is 284 cm³/mol. The summed E-state index contributed by atoms with van der Waals surface area (Å²) < 4.78 is -0.212. The van der Waals surface area contributed by atoms with Gasteiger partial charge in [-0.05, 0) is 0 Å². The second-order valence-electron chi connectivity index (χ2n) is 20.5. The molecule has 0 nitrogen and oxygen atoms in total. The number of hydrogen-bond acceptors (Lipinski definition) is 0. The zero-order valence-corrected chi connectivity index (χ0v) is 45.5. The molecule has 64 heavy (non-hydrogen) atoms. The van der Waals surface area contributed by atoms with Crippen LogP contribution in [-0.2, 0) is 28.4 Å². The Kier molecular flexibility index (Phi) is 13.4. The molecule has 0 spiro atoms. The van der Waals surface area contributed by atoms with E-state index in [0.717, 1.165) is 12.8 Å². The summed E-state index contributed by atoms with van der Waals surface area (Å²) in [6.07, 6.45) is 6.96. The van der Waals surface area contributed by atoms with Gasteiger partial charge in [-0.3, -0.25) is 0 Å². The molecule has 0 saturated carbocycles. The Bertz CT molecular complexity index is 2530. The van der Waals surface area contributed by atoms with E-state index in [1.54, 1.807) is 0 Å². The van der Waals surface area contributed by atoms with Crippen molar-refractivity contribution in [3.05, 3.63) is 188 Å². The van der Waals surface area contributed by atoms with Gasteiger partial charge in [0.25, 0.3) is 0 Å². The first-order valence-corrected chi connectivity index (χ1v) is 40.5. The fraction of sp³-hybridized carbons (Fsp3) is 0.333. The molecular formula is C60H69Cl2SiZr. The molecule has 8 rings (SSSR count). The van der Waals surface area contributed by atoms with Crippen LogP contribution in [0.2, 0.25) is 13.1 Å². The van der Waals surface area contributed by atoms with Crippen LogP contribution in [0.1, 0.15) is 167 Å². The van der Waals surface area contributed by atoms with Gasteiger partial charge in [0.05, 0.1) is 0 Å². The van der Waals surface area contributed by atoms with Crippen LogP contribution in [0.5, 0.6) is 0 Å². The van der Waals surface area contributed by atoms with Gasteiger partial charge in [0.1, 0.15) is 0 Å². The van der Waals surface area contributed by atoms with E-state index in [4.69, 9.17) is 0 Å². The Balaban J connectivity index is 1.47. The number of halogens is 2. The average Bonchev–Trinajstić information content (AvgIpc) is 3.89. The molecule has 2 atom stereocenters. The van der Waals surface area contributed by atoms with Gasteiger partial charge in [-0.2, -0.15) is 0 Å². The van der Waals surface area contributed by atoms with E-state index in [-0.39, 0.29) is 7.25 Å². The first kappa shape index (κ1) is 47.0. The van der Waals surface area contributed by atoms with Gasteiger partial charge in [0.2, 0.25) is 0 Å². The first-order chi connectivity index (χ1) is 30.5. The Morgan fingerprint density at radius 1 is 0.453 bits per heavy atom. The summed E-state index contributed by atoms with van der Waals surface area (Å²) in [7, 11) is 18.5. The van der Waals surface area contributed by atoms with Crippen molar-refractivity contribution >= 4 is 46.2 Å². The van der Waals surface area contributed by atoms with Crippen LogP contribution in [0, 0.1) is 0 Å². The molecule has 2 aliphatic carbocycles. The van der Waals surface area contributed by atoms with E-state index in [1.807, 2.05) is 0 Å². The van der Waals surface area contributed by atoms with E-state index in [9.17, 15) is 17.0 Å². The summed E-state index contributed by atoms with van der Waals surface area (Å²) in [6, 6.07) is 46.6. The number of aryl methyl sites for hydroxylation is 2. The van der Waals surface area contributed by atoms with E-state index < -0.39 is 21.5 Å². The molecule has 331 valence electrons. The second kappa shape index (κ2) is 18.3. The fourth-order valence-electron chi connectivity index (χ4n) is 11.0. The summed E-state index contributed by atoms with van der Waals surface area (Å²) in [6.45, 7) is 28.1. The van der Waals surface area contributed by atoms with E-state index >= 15 is 0 Å². The molecule has 6 aromatic carbocycles. The van der Waals surface area contributed by atoms with Crippen molar-refractivity contribution in [2.24, 2.45) is 0 Å². The fourth-order valence-corrected chi connectivity index (χ4v) is 41.1. The van der Waals surface area contributed by atoms with Crippen molar-refractivity contribution in [1.29, 1.82) is 0 Å². The van der Waals surface area contributed by atoms with Crippen LogP contribution in [0.4, 0.5) is 0 Å². The van der Waals surface area contributed by atoms with E-state index in [1.165, 1.54) is 100 Å². The molecule has 0 N–H and O–H groups in total. The van der Waals surface area contributed by atoms with Crippen molar-refractivity contribution in [2.45, 2.75) is 126 Å². The molecule has 4 heteroatoms. The molecule has 6 aromatic rings. The summed E-state index contributed by atoms with van der Waals surface area (Å²) in [5.74, 6) is -0.240. The molecule has 0 bridgehead atoms. The zero-order chi connectivity index (χ0) is 45.9. The summed E-state index contributed by atoms with van der Waals surface area (Å²) in [4.78, 5) is 0. The van der Waals surface area contributed by atoms with Crippen molar-refractivity contribution in [3.63, 3.8) is 0 Å². The summed E-state index contributed by atoms with van der Waals surface area (Å²) in [5, 5.41) is 0. The first-order valence-electron chi connectivity index (χ1n) is 24.2. The third-order valence-corrected chi connectivity index (χ3v) is 66.5. The van der Waals surface area contributed by atoms with Crippen LogP contribution < -0.4 is 0 Å². The van der Waals surface area contributed by atoms with Gasteiger partial charge in [-0.25, -0.2) is 0 Å². The number of hydrogen-bond donors (Lipinski definition) is 0. The molecular weight excluding hydrogens is 911 g/mol. The molecule has 0 radical (unpaired) electrons. The Hall–Kier alpha value is -3.52. The zero-order valence-electron chi connectivity index (χ0n) is 40.4. The Morgan fingerprint density at radius 2 is 0.781 bits per heavy atom. The molecule has 0 amide bonds. The van der Waals surface area contributed by atoms with Crippen LogP contribution in [0.25, 0.3) is 45.6 Å². The summed E-state index contributed by atoms with van der Waals surface area (Å²) in [5.41, 5.74) is 23.9. The normalized spacial score (nSPS) is 16.7. The minimum atomic E-state index is -5.35. The number of rotatable bonds is 13. The van der Waals surface area contributed by atoms with Crippen LogP contribution in [0.15, 0.2) is 121 Å². The van der Waals surface area contributed by atoms with E-state index in [0.29, 0.717) is 23.7 Å². The SMILES string of the molecule is CCc1ccc2c(c1-c1cc(C(C)C)cc(C(C)C)c1)C=C(c1ccccc1)[CH]2[Zr]([Cl])([Cl])([CH]1C(c2ccccc2)=Cc2c1ccc(CC)c2-c1cc(C(C)C)cc(C(C)C)c1)[SiH](C)C. The maximum absolute atomic E-state index is 9.25. The maximum atomic E-state index is 9.25. The monoisotopic (exact) mass is 977 g/mol. The number of fused-ring (bicyclic) bond motifs is 2. The molecule has 0 fully saturated rings. The van der Waals surface area contributed by atoms with Gasteiger partial charge in [-0.1, -0.05) is 0 Å². The Labute approximate surface area is 395 Å². The standard InChI is InChI=1S/2C29H31.C2H7Si.2ClH.Zr/c2*1-6-21-12-13-23-14-26(22-10-8-7-9-11-22)18-28(23)29(21)27-16-24(19(2)3)15-25(17-27)20(4)5;1-3-2;;;/h2*7-20H,6H2,1-5H3;3H,1-2H3;2*1H;/q;;;;;+2/p-2. The Morgan fingerprint density at radius 3 is 1.06 bits per heavy atom. The third-order valence-electron chi connectivity index (χ3n) is 15.0. The quantitative estimate of drug-likeness (QED) is 0.101. The minimum absolute atomic E-state index is 0.106. The van der Waals surface area contributed by atoms with Gasteiger partial charge in [0.15, 0.2) is 0 Å². The van der Waals surface area contributed by atoms with Crippen molar-refractivity contribution < 1.29 is 15.6 Å². The van der Waals surface area contributed by atoms with Crippen LogP contribution in [-0.4, -0.2) is 5.92 Å². The van der Waals surface area contributed by atoms with Crippen LogP contribution >= 0.6 is 17.0 Å². The van der Waals surface area contributed by atoms with Crippen molar-refractivity contribution in [2.75, 3.05) is 0 Å². The second-order valence-corrected chi connectivity index (χ2v) is 63.0. The van der Waals surface area contributed by atoms with Gasteiger partial charge in [0, 0.05) is 0 Å². The molecule has 2 aliphatic rings. The van der Waals surface area contributed by atoms with E-state index in [2.05, 4.69) is 216 Å². The van der Waals surface area contributed by atoms with Crippen molar-refractivity contribution in [1.82, 2.24) is 0 Å². The topological polar surface area (TPSA) is 0 Å². The number of benzene rings is 6. The van der Waals surface area contributed by atoms with Crippen molar-refractivity contribution in [3.8, 4) is 22.3 Å². The molecule has 0 saturated heterocycles. The molecule has 0 heterocycles. The van der Waals surface area contributed by atoms with Gasteiger partial charge >= 0.3 is 398 Å². The van der Waals surface area contributed by atoms with Crippen LogP contribution in [0.3, 0.4) is 0 Å². The average molecular weight is 980 g/mol. The van der Waals surface area contributed by atoms with Gasteiger partial charge < -0.3 is 0 Å². The molecule has 0 aromatic heterocycles. The predicted octanol–water partition coefficient (Wildman–Crippen LogP) is 18.5. The number of allylic oxidation sites excluding steroid dienone is 2. The summed E-state index contributed by atoms with van der Waals surface area (Å²) >= 11 is -5.35. The molecule has 0 aliphatic heterocycles. The third kappa shape index (κ3) is 8.10. The van der Waals surface area contributed by atoms with Gasteiger partial charge in [-0.15, -0.1) is 0 Å².